The third kappa shape index (κ3) is 9.03. The molecule has 0 aliphatic carbocycles. The van der Waals surface area contributed by atoms with Crippen molar-refractivity contribution in [3.63, 3.8) is 0 Å². The second kappa shape index (κ2) is 17.1. The standard InChI is InChI=1S/C45H34ClN11O7S2/c1-23-9-11-28-31(17-23)39(14-13-36(28)49-45-51-43(46)50-44(52-45)48-35-8-6-5-7-30(35)42-47-26(4)57-64-42)56-55-37-15-16-38(32-18-24(2)10-12-29(32)37)54-53-27-21-34-33(41(22-27)66(61,62)63)19-25(3)20-40(34)65(58,59)60/h5-22H,1-4H3,(H,58,59,60)(H,61,62,63)(H2,48,49,50,51,52). The van der Waals surface area contributed by atoms with Gasteiger partial charge in [0.1, 0.15) is 9.79 Å². The molecule has 0 atom stereocenters. The Morgan fingerprint density at radius 2 is 1.08 bits per heavy atom. The second-order valence-electron chi connectivity index (χ2n) is 15.2. The fraction of sp³-hybridized carbons (Fsp3) is 0.0889. The molecule has 9 rings (SSSR count). The SMILES string of the molecule is Cc1ccc2c(N=Nc3ccc(Nc4nc(Cl)nc(Nc5ccccc5-c5nc(C)no5)n4)c4ccc(C)cc34)ccc(N=Nc3cc(S(=O)(=O)O)c4cc(C)cc(S(=O)(=O)O)c4c3)c2c1. The van der Waals surface area contributed by atoms with Crippen LogP contribution in [-0.4, -0.2) is 51.0 Å². The van der Waals surface area contributed by atoms with Gasteiger partial charge < -0.3 is 15.2 Å². The summed E-state index contributed by atoms with van der Waals surface area (Å²) in [5.41, 5.74) is 5.49. The lowest BCUT2D eigenvalue weighted by molar-refractivity contribution is 0.426. The molecule has 2 heterocycles. The van der Waals surface area contributed by atoms with E-state index in [4.69, 9.17) is 21.2 Å². The highest BCUT2D eigenvalue weighted by atomic mass is 35.5. The van der Waals surface area contributed by atoms with Crippen molar-refractivity contribution in [2.45, 2.75) is 37.5 Å². The van der Waals surface area contributed by atoms with E-state index < -0.39 is 30.0 Å². The Hall–Kier alpha value is -7.62. The average Bonchev–Trinajstić information content (AvgIpc) is 3.70. The Morgan fingerprint density at radius 3 is 1.73 bits per heavy atom. The van der Waals surface area contributed by atoms with E-state index in [1.807, 2.05) is 86.6 Å². The fourth-order valence-corrected chi connectivity index (χ4v) is 9.02. The molecule has 2 aromatic heterocycles. The van der Waals surface area contributed by atoms with Gasteiger partial charge >= 0.3 is 0 Å². The Bertz CT molecular complexity index is 3750. The number of rotatable bonds is 11. The number of hydrogen-bond acceptors (Lipinski definition) is 16. The van der Waals surface area contributed by atoms with Gasteiger partial charge in [-0.2, -0.15) is 41.9 Å². The third-order valence-electron chi connectivity index (χ3n) is 10.3. The van der Waals surface area contributed by atoms with Crippen LogP contribution in [0.15, 0.2) is 144 Å². The number of anilines is 4. The largest absolute Gasteiger partial charge is 0.334 e. The van der Waals surface area contributed by atoms with Crippen molar-refractivity contribution in [2.24, 2.45) is 20.5 Å². The molecule has 0 bridgehead atoms. The molecule has 0 spiro atoms. The lowest BCUT2D eigenvalue weighted by Crippen LogP contribution is -2.05. The minimum absolute atomic E-state index is 0.0501. The maximum atomic E-state index is 12.5. The number of azo groups is 2. The van der Waals surface area contributed by atoms with E-state index in [0.717, 1.165) is 28.0 Å². The topological polar surface area (TPSA) is 260 Å². The number of aryl methyl sites for hydroxylation is 4. The first-order valence-corrected chi connectivity index (χ1v) is 23.0. The molecule has 0 aliphatic heterocycles. The molecular weight excluding hydrogens is 906 g/mol. The number of benzene rings is 7. The summed E-state index contributed by atoms with van der Waals surface area (Å²) in [4.78, 5) is 16.4. The van der Waals surface area contributed by atoms with E-state index in [-0.39, 0.29) is 33.6 Å². The zero-order valence-corrected chi connectivity index (χ0v) is 37.4. The molecule has 4 N–H and O–H groups in total. The van der Waals surface area contributed by atoms with Crippen molar-refractivity contribution >= 4 is 110 Å². The molecule has 0 saturated carbocycles. The molecular formula is C45H34ClN11O7S2. The number of aromatic nitrogens is 5. The van der Waals surface area contributed by atoms with Crippen LogP contribution < -0.4 is 10.6 Å². The van der Waals surface area contributed by atoms with Crippen LogP contribution in [0.3, 0.4) is 0 Å². The zero-order valence-electron chi connectivity index (χ0n) is 35.0. The first-order valence-electron chi connectivity index (χ1n) is 19.8. The second-order valence-corrected chi connectivity index (χ2v) is 18.3. The van der Waals surface area contributed by atoms with Crippen LogP contribution in [0.2, 0.25) is 5.28 Å². The van der Waals surface area contributed by atoms with E-state index in [1.165, 1.54) is 25.1 Å². The first kappa shape index (κ1) is 43.6. The van der Waals surface area contributed by atoms with Crippen molar-refractivity contribution < 1.29 is 30.5 Å². The minimum atomic E-state index is -4.87. The van der Waals surface area contributed by atoms with Gasteiger partial charge in [-0.15, -0.1) is 15.3 Å². The smallest absolute Gasteiger partial charge is 0.295 e. The lowest BCUT2D eigenvalue weighted by atomic mass is 10.0. The molecule has 0 fully saturated rings. The van der Waals surface area contributed by atoms with Gasteiger partial charge in [0.2, 0.25) is 17.2 Å². The Kier molecular flexibility index (Phi) is 11.3. The van der Waals surface area contributed by atoms with Crippen molar-refractivity contribution in [2.75, 3.05) is 10.6 Å². The first-order chi connectivity index (χ1) is 31.5. The Labute approximate surface area is 381 Å². The summed E-state index contributed by atoms with van der Waals surface area (Å²) in [7, 11) is -9.67. The van der Waals surface area contributed by atoms with Gasteiger partial charge in [-0.25, -0.2) is 0 Å². The van der Waals surface area contributed by atoms with Crippen molar-refractivity contribution in [1.29, 1.82) is 0 Å². The van der Waals surface area contributed by atoms with Gasteiger partial charge in [-0.1, -0.05) is 52.7 Å². The van der Waals surface area contributed by atoms with E-state index in [0.29, 0.717) is 62.1 Å². The number of fused-ring (bicyclic) bond motifs is 3. The van der Waals surface area contributed by atoms with Crippen LogP contribution in [0.5, 0.6) is 0 Å². The molecule has 7 aromatic carbocycles. The van der Waals surface area contributed by atoms with Gasteiger partial charge in [0.25, 0.3) is 26.1 Å². The maximum absolute atomic E-state index is 12.5. The molecule has 0 radical (unpaired) electrons. The molecule has 9 aromatic rings. The summed E-state index contributed by atoms with van der Waals surface area (Å²) in [5, 5.41) is 30.9. The van der Waals surface area contributed by atoms with E-state index in [9.17, 15) is 25.9 Å². The van der Waals surface area contributed by atoms with Crippen molar-refractivity contribution in [1.82, 2.24) is 25.1 Å². The van der Waals surface area contributed by atoms with Crippen LogP contribution in [-0.2, 0) is 20.2 Å². The van der Waals surface area contributed by atoms with Crippen molar-refractivity contribution in [3.05, 3.63) is 137 Å². The summed E-state index contributed by atoms with van der Waals surface area (Å²) in [6, 6.07) is 30.8. The minimum Gasteiger partial charge on any atom is -0.334 e. The predicted octanol–water partition coefficient (Wildman–Crippen LogP) is 12.1. The van der Waals surface area contributed by atoms with Crippen LogP contribution in [0.4, 0.5) is 46.0 Å². The maximum Gasteiger partial charge on any atom is 0.295 e. The predicted molar refractivity (Wildman–Crippen MR) is 250 cm³/mol. The van der Waals surface area contributed by atoms with Crippen LogP contribution in [0.1, 0.15) is 22.5 Å². The number of nitrogens with one attached hydrogen (secondary N) is 2. The molecule has 330 valence electrons. The summed E-state index contributed by atoms with van der Waals surface area (Å²) in [6.07, 6.45) is 0. The van der Waals surface area contributed by atoms with Crippen LogP contribution in [0, 0.1) is 27.7 Å². The highest BCUT2D eigenvalue weighted by Crippen LogP contribution is 2.40. The van der Waals surface area contributed by atoms with E-state index in [2.05, 4.69) is 51.1 Å². The molecule has 21 heteroatoms. The fourth-order valence-electron chi connectivity index (χ4n) is 7.36. The number of hydrogen-bond donors (Lipinski definition) is 4. The molecule has 0 saturated heterocycles. The van der Waals surface area contributed by atoms with E-state index in [1.54, 1.807) is 19.1 Å². The van der Waals surface area contributed by atoms with Gasteiger partial charge in [-0.3, -0.25) is 9.11 Å². The molecule has 0 aliphatic rings. The average molecular weight is 940 g/mol. The highest BCUT2D eigenvalue weighted by Gasteiger charge is 2.23. The van der Waals surface area contributed by atoms with Gasteiger partial charge in [0.05, 0.1) is 34.0 Å². The summed E-state index contributed by atoms with van der Waals surface area (Å²) >= 11 is 6.40. The van der Waals surface area contributed by atoms with Gasteiger partial charge in [0.15, 0.2) is 5.82 Å². The zero-order chi connectivity index (χ0) is 46.5. The number of nitrogens with zero attached hydrogens (tertiary/aromatic N) is 9. The highest BCUT2D eigenvalue weighted by molar-refractivity contribution is 7.86. The van der Waals surface area contributed by atoms with Gasteiger partial charge in [-0.05, 0) is 118 Å². The molecule has 0 unspecified atom stereocenters. The summed E-state index contributed by atoms with van der Waals surface area (Å²) in [6.45, 7) is 7.13. The normalized spacial score (nSPS) is 12.3. The van der Waals surface area contributed by atoms with Crippen LogP contribution >= 0.6 is 11.6 Å². The molecule has 66 heavy (non-hydrogen) atoms. The van der Waals surface area contributed by atoms with E-state index >= 15 is 0 Å². The van der Waals surface area contributed by atoms with Crippen LogP contribution in [0.25, 0.3) is 43.8 Å². The Balaban J connectivity index is 1.04. The monoisotopic (exact) mass is 939 g/mol. The third-order valence-corrected chi connectivity index (χ3v) is 12.2. The quantitative estimate of drug-likeness (QED) is 0.0694. The summed E-state index contributed by atoms with van der Waals surface area (Å²) < 4.78 is 75.1. The van der Waals surface area contributed by atoms with Crippen molar-refractivity contribution in [3.8, 4) is 11.5 Å². The Morgan fingerprint density at radius 1 is 0.530 bits per heavy atom. The number of para-hydroxylation sites is 1. The number of halogens is 1. The summed E-state index contributed by atoms with van der Waals surface area (Å²) in [5.74, 6) is 1.17. The lowest BCUT2D eigenvalue weighted by Gasteiger charge is -2.13. The molecule has 0 amide bonds. The van der Waals surface area contributed by atoms with Gasteiger partial charge in [0, 0.05) is 38.0 Å². The molecule has 18 nitrogen and oxygen atoms in total.